The molecule has 1 fully saturated rings. The normalized spacial score (nSPS) is 16.4. The molecule has 1 heterocycles. The summed E-state index contributed by atoms with van der Waals surface area (Å²) >= 11 is 0. The number of rotatable bonds is 6. The van der Waals surface area contributed by atoms with E-state index >= 15 is 0 Å². The highest BCUT2D eigenvalue weighted by Crippen LogP contribution is 2.38. The summed E-state index contributed by atoms with van der Waals surface area (Å²) in [6, 6.07) is 11.6. The van der Waals surface area contributed by atoms with Gasteiger partial charge < -0.3 is 19.1 Å². The Morgan fingerprint density at radius 1 is 1.15 bits per heavy atom. The van der Waals surface area contributed by atoms with Gasteiger partial charge in [0.1, 0.15) is 11.5 Å². The molecule has 1 saturated heterocycles. The molecular formula is C20H22FNO4. The second-order valence-corrected chi connectivity index (χ2v) is 6.07. The quantitative estimate of drug-likeness (QED) is 0.791. The van der Waals surface area contributed by atoms with Gasteiger partial charge in [-0.3, -0.25) is 4.79 Å². The molecule has 6 heteroatoms. The maximum Gasteiger partial charge on any atom is 0.261 e. The summed E-state index contributed by atoms with van der Waals surface area (Å²) in [7, 11) is 3.20. The van der Waals surface area contributed by atoms with E-state index < -0.39 is 5.82 Å². The molecule has 3 rings (SSSR count). The van der Waals surface area contributed by atoms with Gasteiger partial charge in [-0.1, -0.05) is 12.1 Å². The molecule has 0 aromatic heterocycles. The topological polar surface area (TPSA) is 48.0 Å². The minimum atomic E-state index is -0.477. The lowest BCUT2D eigenvalue weighted by molar-refractivity contribution is -0.134. The van der Waals surface area contributed by atoms with Gasteiger partial charge in [0, 0.05) is 18.2 Å². The largest absolute Gasteiger partial charge is 0.497 e. The number of hydrogen-bond acceptors (Lipinski definition) is 4. The van der Waals surface area contributed by atoms with Crippen molar-refractivity contribution in [3.05, 3.63) is 53.8 Å². The van der Waals surface area contributed by atoms with E-state index in [1.165, 1.54) is 12.1 Å². The molecule has 1 amide bonds. The van der Waals surface area contributed by atoms with Crippen molar-refractivity contribution < 1.29 is 23.4 Å². The zero-order valence-electron chi connectivity index (χ0n) is 14.9. The summed E-state index contributed by atoms with van der Waals surface area (Å²) in [5, 5.41) is 0. The third-order valence-corrected chi connectivity index (χ3v) is 4.56. The Morgan fingerprint density at radius 3 is 2.69 bits per heavy atom. The SMILES string of the molecule is COc1ccc([C@@H]2CCCN2C(=O)COc2ccccc2F)c(OC)c1. The van der Waals surface area contributed by atoms with Crippen LogP contribution in [0.2, 0.25) is 0 Å². The van der Waals surface area contributed by atoms with E-state index in [4.69, 9.17) is 14.2 Å². The number of likely N-dealkylation sites (tertiary alicyclic amines) is 1. The second kappa shape index (κ2) is 8.08. The average Bonchev–Trinajstić information content (AvgIpc) is 3.16. The minimum absolute atomic E-state index is 0.0821. The Kier molecular flexibility index (Phi) is 5.61. The first-order chi connectivity index (χ1) is 12.6. The first-order valence-electron chi connectivity index (χ1n) is 8.52. The molecule has 2 aromatic rings. The number of nitrogens with zero attached hydrogens (tertiary/aromatic N) is 1. The maximum atomic E-state index is 13.7. The summed E-state index contributed by atoms with van der Waals surface area (Å²) in [6.45, 7) is 0.440. The molecule has 0 aliphatic carbocycles. The van der Waals surface area contributed by atoms with E-state index in [1.54, 1.807) is 31.3 Å². The summed E-state index contributed by atoms with van der Waals surface area (Å²) in [6.07, 6.45) is 1.74. The summed E-state index contributed by atoms with van der Waals surface area (Å²) in [4.78, 5) is 14.4. The number of amides is 1. The van der Waals surface area contributed by atoms with Crippen molar-refractivity contribution in [1.82, 2.24) is 4.90 Å². The molecule has 2 aromatic carbocycles. The van der Waals surface area contributed by atoms with E-state index in [1.807, 2.05) is 18.2 Å². The zero-order valence-corrected chi connectivity index (χ0v) is 14.9. The van der Waals surface area contributed by atoms with Crippen molar-refractivity contribution in [1.29, 1.82) is 0 Å². The molecule has 0 spiro atoms. The van der Waals surface area contributed by atoms with E-state index in [9.17, 15) is 9.18 Å². The van der Waals surface area contributed by atoms with Crippen LogP contribution in [0.4, 0.5) is 4.39 Å². The number of ether oxygens (including phenoxy) is 3. The van der Waals surface area contributed by atoms with Crippen molar-refractivity contribution in [2.45, 2.75) is 18.9 Å². The number of halogens is 1. The molecule has 0 N–H and O–H groups in total. The standard InChI is InChI=1S/C20H22FNO4/c1-24-14-9-10-15(19(12-14)25-2)17-7-5-11-22(17)20(23)13-26-18-8-4-3-6-16(18)21/h3-4,6,8-10,12,17H,5,7,11,13H2,1-2H3/t17-/m0/s1. The van der Waals surface area contributed by atoms with Gasteiger partial charge in [0.2, 0.25) is 0 Å². The monoisotopic (exact) mass is 359 g/mol. The lowest BCUT2D eigenvalue weighted by Crippen LogP contribution is -2.34. The molecule has 5 nitrogen and oxygen atoms in total. The first kappa shape index (κ1) is 18.0. The highest BCUT2D eigenvalue weighted by molar-refractivity contribution is 5.78. The van der Waals surface area contributed by atoms with Gasteiger partial charge in [0.25, 0.3) is 5.91 Å². The van der Waals surface area contributed by atoms with Crippen molar-refractivity contribution in [2.75, 3.05) is 27.4 Å². The molecular weight excluding hydrogens is 337 g/mol. The summed E-state index contributed by atoms with van der Waals surface area (Å²) in [5.74, 6) is 0.816. The van der Waals surface area contributed by atoms with Crippen LogP contribution < -0.4 is 14.2 Å². The van der Waals surface area contributed by atoms with Crippen LogP contribution in [-0.4, -0.2) is 38.2 Å². The summed E-state index contributed by atoms with van der Waals surface area (Å²) in [5.41, 5.74) is 0.935. The number of carbonyl (C=O) groups is 1. The van der Waals surface area contributed by atoms with Crippen LogP contribution in [0.5, 0.6) is 17.2 Å². The van der Waals surface area contributed by atoms with Gasteiger partial charge in [0.05, 0.1) is 20.3 Å². The van der Waals surface area contributed by atoms with Crippen LogP contribution in [0.15, 0.2) is 42.5 Å². The predicted molar refractivity (Wildman–Crippen MR) is 95.1 cm³/mol. The van der Waals surface area contributed by atoms with Gasteiger partial charge in [-0.15, -0.1) is 0 Å². The van der Waals surface area contributed by atoms with Gasteiger partial charge in [0.15, 0.2) is 18.2 Å². The molecule has 0 saturated carbocycles. The third kappa shape index (κ3) is 3.74. The fraction of sp³-hybridized carbons (Fsp3) is 0.350. The first-order valence-corrected chi connectivity index (χ1v) is 8.52. The Bertz CT molecular complexity index is 780. The highest BCUT2D eigenvalue weighted by atomic mass is 19.1. The average molecular weight is 359 g/mol. The molecule has 138 valence electrons. The summed E-state index contributed by atoms with van der Waals surface area (Å²) < 4.78 is 29.7. The van der Waals surface area contributed by atoms with E-state index in [0.717, 1.165) is 18.4 Å². The van der Waals surface area contributed by atoms with Crippen LogP contribution >= 0.6 is 0 Å². The van der Waals surface area contributed by atoms with Gasteiger partial charge in [-0.2, -0.15) is 0 Å². The minimum Gasteiger partial charge on any atom is -0.497 e. The molecule has 0 radical (unpaired) electrons. The molecule has 26 heavy (non-hydrogen) atoms. The number of carbonyl (C=O) groups excluding carboxylic acids is 1. The maximum absolute atomic E-state index is 13.7. The molecule has 0 bridgehead atoms. The van der Waals surface area contributed by atoms with Crippen LogP contribution in [0.3, 0.4) is 0 Å². The van der Waals surface area contributed by atoms with Crippen LogP contribution in [0.1, 0.15) is 24.4 Å². The third-order valence-electron chi connectivity index (χ3n) is 4.56. The fourth-order valence-corrected chi connectivity index (χ4v) is 3.27. The number of para-hydroxylation sites is 1. The Labute approximate surface area is 152 Å². The Balaban J connectivity index is 1.73. The Morgan fingerprint density at radius 2 is 1.96 bits per heavy atom. The number of methoxy groups -OCH3 is 2. The zero-order chi connectivity index (χ0) is 18.5. The highest BCUT2D eigenvalue weighted by Gasteiger charge is 2.32. The smallest absolute Gasteiger partial charge is 0.261 e. The number of hydrogen-bond donors (Lipinski definition) is 0. The van der Waals surface area contributed by atoms with Crippen molar-refractivity contribution in [3.63, 3.8) is 0 Å². The van der Waals surface area contributed by atoms with E-state index in [0.29, 0.717) is 18.0 Å². The van der Waals surface area contributed by atoms with Crippen LogP contribution in [-0.2, 0) is 4.79 Å². The van der Waals surface area contributed by atoms with Gasteiger partial charge in [-0.05, 0) is 37.1 Å². The van der Waals surface area contributed by atoms with E-state index in [-0.39, 0.29) is 24.3 Å². The Hall–Kier alpha value is -2.76. The molecule has 1 aliphatic rings. The van der Waals surface area contributed by atoms with Crippen molar-refractivity contribution in [2.24, 2.45) is 0 Å². The number of benzene rings is 2. The van der Waals surface area contributed by atoms with Gasteiger partial charge >= 0.3 is 0 Å². The fourth-order valence-electron chi connectivity index (χ4n) is 3.27. The predicted octanol–water partition coefficient (Wildman–Crippen LogP) is 3.59. The van der Waals surface area contributed by atoms with Gasteiger partial charge in [-0.25, -0.2) is 4.39 Å². The molecule has 1 aliphatic heterocycles. The van der Waals surface area contributed by atoms with Crippen LogP contribution in [0, 0.1) is 5.82 Å². The lowest BCUT2D eigenvalue weighted by Gasteiger charge is -2.26. The molecule has 1 atom stereocenters. The van der Waals surface area contributed by atoms with Crippen molar-refractivity contribution >= 4 is 5.91 Å². The lowest BCUT2D eigenvalue weighted by atomic mass is 10.0. The molecule has 0 unspecified atom stereocenters. The van der Waals surface area contributed by atoms with Crippen molar-refractivity contribution in [3.8, 4) is 17.2 Å². The second-order valence-electron chi connectivity index (χ2n) is 6.07. The van der Waals surface area contributed by atoms with E-state index in [2.05, 4.69) is 0 Å². The van der Waals surface area contributed by atoms with Crippen LogP contribution in [0.25, 0.3) is 0 Å².